The zero-order valence-corrected chi connectivity index (χ0v) is 15.7. The summed E-state index contributed by atoms with van der Waals surface area (Å²) in [5, 5.41) is 4.22. The normalized spacial score (nSPS) is 12.9. The van der Waals surface area contributed by atoms with Gasteiger partial charge in [0.25, 0.3) is 0 Å². The largest absolute Gasteiger partial charge is 0.366 e. The van der Waals surface area contributed by atoms with Crippen LogP contribution < -0.4 is 11.1 Å². The first-order valence-electron chi connectivity index (χ1n) is 8.40. The lowest BCUT2D eigenvalue weighted by molar-refractivity contribution is -0.114. The van der Waals surface area contributed by atoms with Crippen LogP contribution in [-0.4, -0.2) is 25.4 Å². The van der Waals surface area contributed by atoms with Gasteiger partial charge in [-0.3, -0.25) is 4.79 Å². The summed E-state index contributed by atoms with van der Waals surface area (Å²) in [6.45, 7) is 4.34. The van der Waals surface area contributed by atoms with E-state index in [1.165, 1.54) is 0 Å². The van der Waals surface area contributed by atoms with E-state index in [2.05, 4.69) is 38.5 Å². The van der Waals surface area contributed by atoms with Crippen molar-refractivity contribution in [1.82, 2.24) is 19.5 Å². The molecule has 7 nitrogen and oxygen atoms in total. The summed E-state index contributed by atoms with van der Waals surface area (Å²) >= 11 is 1.61. The molecule has 1 amide bonds. The summed E-state index contributed by atoms with van der Waals surface area (Å²) in [5.41, 5.74) is 9.67. The molecule has 1 aliphatic rings. The van der Waals surface area contributed by atoms with Crippen molar-refractivity contribution in [2.45, 2.75) is 30.3 Å². The topological polar surface area (TPSA) is 98.7 Å². The molecule has 3 aromatic rings. The number of nitrogens with two attached hydrogens (primary N) is 1. The number of anilines is 2. The summed E-state index contributed by atoms with van der Waals surface area (Å²) in [4.78, 5) is 25.4. The van der Waals surface area contributed by atoms with Gasteiger partial charge in [-0.25, -0.2) is 15.0 Å². The molecule has 4 rings (SSSR count). The van der Waals surface area contributed by atoms with Crippen molar-refractivity contribution in [1.29, 1.82) is 0 Å². The maximum absolute atomic E-state index is 11.2. The van der Waals surface area contributed by atoms with Crippen molar-refractivity contribution >= 4 is 35.3 Å². The van der Waals surface area contributed by atoms with E-state index in [4.69, 9.17) is 5.73 Å². The van der Waals surface area contributed by atoms with Gasteiger partial charge in [0.2, 0.25) is 5.91 Å². The molecule has 0 atom stereocenters. The number of hydrogen-bond acceptors (Lipinski definition) is 6. The van der Waals surface area contributed by atoms with Gasteiger partial charge in [-0.2, -0.15) is 0 Å². The van der Waals surface area contributed by atoms with Gasteiger partial charge in [0.1, 0.15) is 5.03 Å². The maximum Gasteiger partial charge on any atom is 0.244 e. The van der Waals surface area contributed by atoms with Crippen LogP contribution in [0.1, 0.15) is 23.9 Å². The Balaban J connectivity index is 1.58. The number of aromatic nitrogens is 4. The van der Waals surface area contributed by atoms with E-state index in [0.717, 1.165) is 38.4 Å². The summed E-state index contributed by atoms with van der Waals surface area (Å²) in [6.07, 6.45) is 6.87. The second kappa shape index (κ2) is 6.88. The molecule has 3 heterocycles. The average molecular weight is 378 g/mol. The molecule has 0 bridgehead atoms. The molecule has 0 unspecified atom stereocenters. The number of carbonyl (C=O) groups is 1. The molecule has 1 aromatic carbocycles. The Morgan fingerprint density at radius 1 is 1.30 bits per heavy atom. The third-order valence-corrected chi connectivity index (χ3v) is 5.47. The van der Waals surface area contributed by atoms with Crippen molar-refractivity contribution in [3.8, 4) is 0 Å². The molecular formula is C19H18N6OS. The highest BCUT2D eigenvalue weighted by atomic mass is 32.2. The molecule has 2 aromatic heterocycles. The van der Waals surface area contributed by atoms with E-state index < -0.39 is 5.91 Å². The van der Waals surface area contributed by atoms with Crippen molar-refractivity contribution in [2.24, 2.45) is 5.73 Å². The van der Waals surface area contributed by atoms with E-state index in [1.807, 2.05) is 11.5 Å². The molecule has 1 aliphatic heterocycles. The number of fused-ring (bicyclic) bond motifs is 2. The van der Waals surface area contributed by atoms with E-state index in [-0.39, 0.29) is 0 Å². The lowest BCUT2D eigenvalue weighted by atomic mass is 10.2. The number of carbonyl (C=O) groups excluding carboxylic acids is 1. The number of primary amides is 1. The maximum atomic E-state index is 11.2. The lowest BCUT2D eigenvalue weighted by Gasteiger charge is -2.19. The molecule has 0 radical (unpaired) electrons. The Kier molecular flexibility index (Phi) is 4.41. The first kappa shape index (κ1) is 17.3. The Morgan fingerprint density at radius 3 is 2.93 bits per heavy atom. The van der Waals surface area contributed by atoms with Crippen LogP contribution in [0.15, 0.2) is 52.4 Å². The van der Waals surface area contributed by atoms with Crippen LogP contribution in [0.2, 0.25) is 0 Å². The highest BCUT2D eigenvalue weighted by molar-refractivity contribution is 7.99. The van der Waals surface area contributed by atoms with Gasteiger partial charge < -0.3 is 15.6 Å². The summed E-state index contributed by atoms with van der Waals surface area (Å²) in [5.74, 6) is 0.339. The third-order valence-electron chi connectivity index (χ3n) is 4.40. The van der Waals surface area contributed by atoms with Gasteiger partial charge >= 0.3 is 0 Å². The summed E-state index contributed by atoms with van der Waals surface area (Å²) in [6, 6.07) is 6.30. The van der Waals surface area contributed by atoms with Gasteiger partial charge in [0.05, 0.1) is 17.7 Å². The minimum Gasteiger partial charge on any atom is -0.366 e. The fourth-order valence-electron chi connectivity index (χ4n) is 2.81. The van der Waals surface area contributed by atoms with Crippen LogP contribution in [-0.2, 0) is 11.3 Å². The van der Waals surface area contributed by atoms with Crippen LogP contribution in [0, 0.1) is 6.92 Å². The number of rotatable bonds is 4. The quantitative estimate of drug-likeness (QED) is 0.529. The predicted octanol–water partition coefficient (Wildman–Crippen LogP) is 3.13. The standard InChI is InChI=1S/C19H18N6OS/c1-11(17(20)26)7-14-12(2)25(10-23-14)9-13-3-4-16-15(8-13)24-18-19(27-16)22-6-5-21-18/h3-8,10H,9H2,1-2H3,(H2,20,26)(H,21,24). The molecule has 0 fully saturated rings. The Morgan fingerprint density at radius 2 is 2.11 bits per heavy atom. The van der Waals surface area contributed by atoms with E-state index in [9.17, 15) is 4.79 Å². The van der Waals surface area contributed by atoms with E-state index in [1.54, 1.807) is 43.5 Å². The average Bonchev–Trinajstić information content (AvgIpc) is 2.99. The fourth-order valence-corrected chi connectivity index (χ4v) is 3.69. The van der Waals surface area contributed by atoms with Crippen molar-refractivity contribution < 1.29 is 4.79 Å². The van der Waals surface area contributed by atoms with Crippen LogP contribution in [0.4, 0.5) is 11.5 Å². The third kappa shape index (κ3) is 3.43. The molecule has 0 spiro atoms. The smallest absolute Gasteiger partial charge is 0.244 e. The molecule has 3 N–H and O–H groups in total. The SMILES string of the molecule is CC(=Cc1ncn(Cc2ccc3c(c2)Nc2nccnc2S3)c1C)C(N)=O. The van der Waals surface area contributed by atoms with Crippen molar-refractivity contribution in [3.05, 3.63) is 59.4 Å². The zero-order chi connectivity index (χ0) is 19.0. The van der Waals surface area contributed by atoms with Crippen LogP contribution in [0.3, 0.4) is 0 Å². The van der Waals surface area contributed by atoms with E-state index >= 15 is 0 Å². The molecular weight excluding hydrogens is 360 g/mol. The first-order valence-corrected chi connectivity index (χ1v) is 9.21. The number of imidazole rings is 1. The molecule has 0 saturated carbocycles. The van der Waals surface area contributed by atoms with Crippen LogP contribution >= 0.6 is 11.8 Å². The highest BCUT2D eigenvalue weighted by Gasteiger charge is 2.18. The molecule has 0 saturated heterocycles. The van der Waals surface area contributed by atoms with Gasteiger partial charge in [0.15, 0.2) is 5.82 Å². The van der Waals surface area contributed by atoms with Gasteiger partial charge in [0, 0.05) is 35.1 Å². The van der Waals surface area contributed by atoms with Crippen molar-refractivity contribution in [2.75, 3.05) is 5.32 Å². The lowest BCUT2D eigenvalue weighted by Crippen LogP contribution is -2.11. The minimum absolute atomic E-state index is 0.439. The molecule has 136 valence electrons. The Hall–Kier alpha value is -3.13. The number of amides is 1. The number of nitrogens with one attached hydrogen (secondary N) is 1. The van der Waals surface area contributed by atoms with Crippen LogP contribution in [0.25, 0.3) is 6.08 Å². The van der Waals surface area contributed by atoms with Gasteiger partial charge in [-0.05, 0) is 37.6 Å². The van der Waals surface area contributed by atoms with E-state index in [0.29, 0.717) is 12.1 Å². The molecule has 8 heteroatoms. The number of benzene rings is 1. The highest BCUT2D eigenvalue weighted by Crippen LogP contribution is 2.42. The second-order valence-electron chi connectivity index (χ2n) is 6.30. The van der Waals surface area contributed by atoms with Crippen LogP contribution in [0.5, 0.6) is 0 Å². The number of nitrogens with zero attached hydrogens (tertiary/aromatic N) is 4. The Labute approximate surface area is 160 Å². The zero-order valence-electron chi connectivity index (χ0n) is 14.9. The first-order chi connectivity index (χ1) is 13.0. The fraction of sp³-hybridized carbons (Fsp3) is 0.158. The molecule has 0 aliphatic carbocycles. The summed E-state index contributed by atoms with van der Waals surface area (Å²) in [7, 11) is 0. The monoisotopic (exact) mass is 378 g/mol. The summed E-state index contributed by atoms with van der Waals surface area (Å²) < 4.78 is 2.05. The van der Waals surface area contributed by atoms with Crippen molar-refractivity contribution in [3.63, 3.8) is 0 Å². The minimum atomic E-state index is -0.439. The predicted molar refractivity (Wildman–Crippen MR) is 105 cm³/mol. The van der Waals surface area contributed by atoms with Gasteiger partial charge in [-0.1, -0.05) is 17.8 Å². The van der Waals surface area contributed by atoms with Gasteiger partial charge in [-0.15, -0.1) is 0 Å². The Bertz CT molecular complexity index is 1070. The molecule has 27 heavy (non-hydrogen) atoms. The number of hydrogen-bond donors (Lipinski definition) is 2. The second-order valence-corrected chi connectivity index (χ2v) is 7.33.